The van der Waals surface area contributed by atoms with E-state index in [1.807, 2.05) is 0 Å². The summed E-state index contributed by atoms with van der Waals surface area (Å²) >= 11 is -3.74. The molecule has 0 radical (unpaired) electrons. The molecule has 0 N–H and O–H groups in total. The second-order valence-electron chi connectivity index (χ2n) is 15.9. The molecule has 0 amide bonds. The zero-order chi connectivity index (χ0) is 32.7. The molecule has 0 saturated carbocycles. The summed E-state index contributed by atoms with van der Waals surface area (Å²) in [7, 11) is 0. The molecule has 7 rings (SSSR count). The maximum absolute atomic E-state index is 3.74. The SMILES string of the molecule is CC1=Cc2c(-c3cccc4ccccc34)ccc(C)c2[CH]1[Zr]([CH3])([CH3])(=[SiH2])[CH]1C(C(C)C)=Cc2c(-c3c(C)cc(C)cc3C)cccc21.Cl.Cl. The molecule has 2 aliphatic rings. The van der Waals surface area contributed by atoms with Gasteiger partial charge in [0.15, 0.2) is 0 Å². The molecule has 5 aromatic rings. The average molecular weight is 769 g/mol. The number of benzene rings is 5. The fourth-order valence-electron chi connectivity index (χ4n) is 9.71. The summed E-state index contributed by atoms with van der Waals surface area (Å²) in [5.41, 5.74) is 20.4. The van der Waals surface area contributed by atoms with Crippen LogP contribution in [0, 0.1) is 33.6 Å². The molecule has 0 bridgehead atoms. The van der Waals surface area contributed by atoms with Gasteiger partial charge in [-0.25, -0.2) is 0 Å². The molecule has 5 aromatic carbocycles. The van der Waals surface area contributed by atoms with Crippen LogP contribution in [0.4, 0.5) is 0 Å². The van der Waals surface area contributed by atoms with E-state index in [0.29, 0.717) is 13.2 Å². The summed E-state index contributed by atoms with van der Waals surface area (Å²) in [4.78, 5) is 0. The van der Waals surface area contributed by atoms with Gasteiger partial charge in [-0.1, -0.05) is 0 Å². The van der Waals surface area contributed by atoms with Gasteiger partial charge in [0.1, 0.15) is 0 Å². The van der Waals surface area contributed by atoms with Crippen molar-refractivity contribution in [2.75, 3.05) is 0 Å². The molecular formula is C44H50Cl2SiZr. The van der Waals surface area contributed by atoms with Gasteiger partial charge in [-0.3, -0.25) is 0 Å². The van der Waals surface area contributed by atoms with E-state index < -0.39 is 17.4 Å². The van der Waals surface area contributed by atoms with Gasteiger partial charge in [-0.2, -0.15) is 0 Å². The zero-order valence-electron chi connectivity index (χ0n) is 30.0. The molecule has 0 aliphatic heterocycles. The van der Waals surface area contributed by atoms with Gasteiger partial charge in [-0.15, -0.1) is 24.8 Å². The number of aryl methyl sites for hydroxylation is 4. The van der Waals surface area contributed by atoms with E-state index in [0.717, 1.165) is 0 Å². The first-order chi connectivity index (χ1) is 21.8. The largest absolute Gasteiger partial charge is 0.147 e. The molecule has 0 heterocycles. The van der Waals surface area contributed by atoms with Gasteiger partial charge in [-0.05, 0) is 0 Å². The van der Waals surface area contributed by atoms with Gasteiger partial charge in [0, 0.05) is 0 Å². The van der Waals surface area contributed by atoms with Crippen LogP contribution in [0.5, 0.6) is 0 Å². The van der Waals surface area contributed by atoms with Crippen molar-refractivity contribution in [3.63, 3.8) is 0 Å². The van der Waals surface area contributed by atoms with Crippen molar-refractivity contribution in [1.29, 1.82) is 0 Å². The van der Waals surface area contributed by atoms with Crippen molar-refractivity contribution >= 4 is 54.6 Å². The Morgan fingerprint density at radius 1 is 0.625 bits per heavy atom. The number of rotatable bonds is 5. The van der Waals surface area contributed by atoms with E-state index in [1.54, 1.807) is 22.3 Å². The monoisotopic (exact) mass is 766 g/mol. The summed E-state index contributed by atoms with van der Waals surface area (Å²) in [5, 5.41) is 2.65. The van der Waals surface area contributed by atoms with E-state index >= 15 is 0 Å². The quantitative estimate of drug-likeness (QED) is 0.156. The van der Waals surface area contributed by atoms with E-state index in [2.05, 4.69) is 162 Å². The molecule has 2 aliphatic carbocycles. The van der Waals surface area contributed by atoms with Gasteiger partial charge >= 0.3 is 281 Å². The van der Waals surface area contributed by atoms with E-state index in [1.165, 1.54) is 66.4 Å². The van der Waals surface area contributed by atoms with Crippen molar-refractivity contribution in [1.82, 2.24) is 0 Å². The minimum Gasteiger partial charge on any atom is -0.147 e. The Bertz CT molecular complexity index is 2200. The van der Waals surface area contributed by atoms with E-state index in [-0.39, 0.29) is 24.8 Å². The molecule has 2 atom stereocenters. The number of halogens is 2. The Hall–Kier alpha value is -2.48. The van der Waals surface area contributed by atoms with Crippen LogP contribution in [-0.2, 0) is 17.4 Å². The predicted molar refractivity (Wildman–Crippen MR) is 217 cm³/mol. The van der Waals surface area contributed by atoms with E-state index in [4.69, 9.17) is 0 Å². The molecule has 48 heavy (non-hydrogen) atoms. The Labute approximate surface area is 303 Å². The van der Waals surface area contributed by atoms with Crippen LogP contribution >= 0.6 is 24.8 Å². The van der Waals surface area contributed by atoms with Gasteiger partial charge < -0.3 is 0 Å². The average Bonchev–Trinajstić information content (AvgIpc) is 3.58. The van der Waals surface area contributed by atoms with Gasteiger partial charge in [0.05, 0.1) is 0 Å². The summed E-state index contributed by atoms with van der Waals surface area (Å²) in [6.45, 7) is 18.9. The molecule has 0 aromatic heterocycles. The van der Waals surface area contributed by atoms with Crippen LogP contribution in [0.1, 0.15) is 72.5 Å². The van der Waals surface area contributed by atoms with Crippen molar-refractivity contribution in [3.8, 4) is 22.3 Å². The Balaban J connectivity index is 0.00000225. The maximum Gasteiger partial charge on any atom is -0.147 e. The Kier molecular flexibility index (Phi) is 9.97. The zero-order valence-corrected chi connectivity index (χ0v) is 35.5. The van der Waals surface area contributed by atoms with Crippen molar-refractivity contribution in [2.45, 2.75) is 65.0 Å². The second-order valence-corrected chi connectivity index (χ2v) is 46.3. The molecular weight excluding hydrogens is 719 g/mol. The first kappa shape index (κ1) is 36.8. The summed E-state index contributed by atoms with van der Waals surface area (Å²) in [6, 6.07) is 32.4. The molecule has 0 saturated heterocycles. The van der Waals surface area contributed by atoms with Crippen molar-refractivity contribution < 1.29 is 17.4 Å². The van der Waals surface area contributed by atoms with Crippen LogP contribution in [0.2, 0.25) is 9.26 Å². The van der Waals surface area contributed by atoms with Crippen LogP contribution in [0.15, 0.2) is 96.1 Å². The second kappa shape index (κ2) is 13.0. The fourth-order valence-corrected chi connectivity index (χ4v) is 30.3. The Morgan fingerprint density at radius 2 is 1.25 bits per heavy atom. The summed E-state index contributed by atoms with van der Waals surface area (Å²) in [6.07, 6.45) is 5.20. The van der Waals surface area contributed by atoms with Gasteiger partial charge in [0.25, 0.3) is 0 Å². The molecule has 0 spiro atoms. The number of allylic oxidation sites excluding steroid dienone is 2. The molecule has 248 valence electrons. The van der Waals surface area contributed by atoms with E-state index in [9.17, 15) is 0 Å². The normalized spacial score (nSPS) is 17.0. The first-order valence-electron chi connectivity index (χ1n) is 17.1. The topological polar surface area (TPSA) is 0 Å². The standard InChI is InChI=1S/C21H17.C21H23.2CH3.2ClH.H2Si.Zr/c1-14-12-20-15(2)10-11-19(21(20)13-14)18-9-5-7-16-6-3-4-8-17(16)18;1-13(2)18-11-17-7-6-8-19(20(17)12-18)21-15(4)9-14(3)10-16(21)5;;;;;;/h3-13H,1-2H3;6-13H,1-5H3;2*1H3;2*1H;1H2;. The third-order valence-corrected chi connectivity index (χ3v) is 28.9. The summed E-state index contributed by atoms with van der Waals surface area (Å²) < 4.78 is 6.56. The van der Waals surface area contributed by atoms with Crippen molar-refractivity contribution in [2.24, 2.45) is 5.92 Å². The third kappa shape index (κ3) is 5.70. The van der Waals surface area contributed by atoms with Crippen LogP contribution in [-0.4, -0.2) is 6.88 Å². The van der Waals surface area contributed by atoms with Gasteiger partial charge in [0.2, 0.25) is 0 Å². The number of hydrogen-bond acceptors (Lipinski definition) is 0. The molecule has 0 fully saturated rings. The van der Waals surface area contributed by atoms with Crippen molar-refractivity contribution in [3.05, 3.63) is 141 Å². The molecule has 2 unspecified atom stereocenters. The fraction of sp³-hybridized carbons (Fsp3) is 0.273. The van der Waals surface area contributed by atoms with Crippen LogP contribution in [0.3, 0.4) is 0 Å². The summed E-state index contributed by atoms with van der Waals surface area (Å²) in [5.74, 6) is 0.497. The number of fused-ring (bicyclic) bond motifs is 3. The smallest absolute Gasteiger partial charge is 0.147 e. The Morgan fingerprint density at radius 3 is 1.94 bits per heavy atom. The molecule has 0 nitrogen and oxygen atoms in total. The van der Waals surface area contributed by atoms with Crippen LogP contribution < -0.4 is 0 Å². The van der Waals surface area contributed by atoms with Crippen LogP contribution in [0.25, 0.3) is 45.2 Å². The molecule has 4 heteroatoms. The maximum atomic E-state index is 2.78. The number of hydrogen-bond donors (Lipinski definition) is 0. The predicted octanol–water partition coefficient (Wildman–Crippen LogP) is 12.8. The minimum absolute atomic E-state index is 0. The third-order valence-electron chi connectivity index (χ3n) is 11.3. The minimum atomic E-state index is -3.74. The first-order valence-corrected chi connectivity index (χ1v) is 30.7.